The summed E-state index contributed by atoms with van der Waals surface area (Å²) < 4.78 is 86.7. The highest BCUT2D eigenvalue weighted by molar-refractivity contribution is 7.49. The third-order valence-electron chi connectivity index (χ3n) is 7.32. The number of phosphoric acid groups is 1. The normalized spacial score (nSPS) is 27.9. The molecule has 2 aliphatic rings. The van der Waals surface area contributed by atoms with Crippen LogP contribution in [0.3, 0.4) is 0 Å². The van der Waals surface area contributed by atoms with Crippen molar-refractivity contribution in [2.45, 2.75) is 117 Å². The van der Waals surface area contributed by atoms with Gasteiger partial charge >= 0.3 is 55.6 Å². The Bertz CT molecular complexity index is 1580. The Labute approximate surface area is 325 Å². The number of phosphoric ester groups is 1. The summed E-state index contributed by atoms with van der Waals surface area (Å²) in [7, 11) is -5.43. The first-order valence-corrected chi connectivity index (χ1v) is 18.5. The number of carbonyl (C=O) groups excluding carboxylic acids is 8. The smallest absolute Gasteiger partial charge is 0.463 e. The predicted molar refractivity (Wildman–Crippen MR) is 181 cm³/mol. The van der Waals surface area contributed by atoms with Crippen LogP contribution in [0, 0.1) is 0 Å². The number of ether oxygens (including phenoxy) is 10. The number of carbonyl (C=O) groups is 8. The Balaban J connectivity index is 2.23. The topological polar surface area (TPSA) is 274 Å². The van der Waals surface area contributed by atoms with E-state index in [1.807, 2.05) is 0 Å². The van der Waals surface area contributed by atoms with Crippen molar-refractivity contribution in [1.82, 2.24) is 0 Å². The van der Waals surface area contributed by atoms with Crippen molar-refractivity contribution in [2.75, 3.05) is 13.2 Å². The van der Waals surface area contributed by atoms with E-state index in [4.69, 9.17) is 60.9 Å². The maximum Gasteiger partial charge on any atom is 0.535 e. The van der Waals surface area contributed by atoms with Crippen LogP contribution in [0.15, 0.2) is 30.3 Å². The first kappa shape index (κ1) is 46.2. The molecule has 0 bridgehead atoms. The van der Waals surface area contributed by atoms with Gasteiger partial charge in [0.05, 0.1) is 0 Å². The fourth-order valence-corrected chi connectivity index (χ4v) is 6.84. The Hall–Kier alpha value is -5.15. The molecule has 0 aromatic heterocycles. The third-order valence-corrected chi connectivity index (χ3v) is 8.69. The zero-order valence-electron chi connectivity index (χ0n) is 32.0. The number of esters is 8. The second-order valence-electron chi connectivity index (χ2n) is 12.2. The molecule has 22 nitrogen and oxygen atoms in total. The molecule has 2 aliphatic heterocycles. The van der Waals surface area contributed by atoms with Crippen molar-refractivity contribution in [3.05, 3.63) is 30.3 Å². The van der Waals surface area contributed by atoms with E-state index in [1.165, 1.54) is 24.3 Å². The summed E-state index contributed by atoms with van der Waals surface area (Å²) in [6.07, 6.45) is -18.2. The van der Waals surface area contributed by atoms with Gasteiger partial charge in [-0.05, 0) is 12.1 Å². The summed E-state index contributed by atoms with van der Waals surface area (Å²) in [6, 6.07) is 7.10. The molecule has 1 aromatic carbocycles. The van der Waals surface area contributed by atoms with Crippen LogP contribution < -0.4 is 4.52 Å². The summed E-state index contributed by atoms with van der Waals surface area (Å²) in [4.78, 5) is 97.7. The van der Waals surface area contributed by atoms with Gasteiger partial charge in [0.15, 0.2) is 36.6 Å². The zero-order chi connectivity index (χ0) is 42.6. The highest BCUT2D eigenvalue weighted by atomic mass is 31.2. The highest BCUT2D eigenvalue weighted by Crippen LogP contribution is 2.55. The number of hydrogen-bond acceptors (Lipinski definition) is 22. The maximum absolute atomic E-state index is 15.0. The summed E-state index contributed by atoms with van der Waals surface area (Å²) in [5.41, 5.74) is 0. The number of rotatable bonds is 16. The first-order valence-electron chi connectivity index (χ1n) is 17.0. The molecule has 0 aliphatic carbocycles. The van der Waals surface area contributed by atoms with Crippen LogP contribution in [0.2, 0.25) is 0 Å². The van der Waals surface area contributed by atoms with Gasteiger partial charge in [0, 0.05) is 55.4 Å². The average molecular weight is 835 g/mol. The molecule has 1 aromatic rings. The monoisotopic (exact) mass is 834 g/mol. The summed E-state index contributed by atoms with van der Waals surface area (Å²) >= 11 is 0. The van der Waals surface area contributed by atoms with Crippen molar-refractivity contribution in [1.29, 1.82) is 0 Å². The molecule has 0 amide bonds. The van der Waals surface area contributed by atoms with E-state index in [0.29, 0.717) is 0 Å². The third kappa shape index (κ3) is 14.4. The maximum atomic E-state index is 15.0. The van der Waals surface area contributed by atoms with Crippen molar-refractivity contribution >= 4 is 55.6 Å². The fourth-order valence-electron chi connectivity index (χ4n) is 5.48. The van der Waals surface area contributed by atoms with Crippen LogP contribution in [0.5, 0.6) is 5.75 Å². The molecule has 0 radical (unpaired) electrons. The molecular formula is C34H43O22P. The van der Waals surface area contributed by atoms with Crippen LogP contribution in [0.1, 0.15) is 55.4 Å². The Morgan fingerprint density at radius 1 is 0.474 bits per heavy atom. The van der Waals surface area contributed by atoms with Gasteiger partial charge in [-0.1, -0.05) is 18.2 Å². The highest BCUT2D eigenvalue weighted by Gasteiger charge is 2.58. The van der Waals surface area contributed by atoms with Crippen molar-refractivity contribution in [2.24, 2.45) is 0 Å². The van der Waals surface area contributed by atoms with Gasteiger partial charge in [-0.3, -0.25) is 38.4 Å². The van der Waals surface area contributed by atoms with Crippen molar-refractivity contribution in [3.63, 3.8) is 0 Å². The van der Waals surface area contributed by atoms with Gasteiger partial charge in [-0.25, -0.2) is 13.6 Å². The molecular weight excluding hydrogens is 791 g/mol. The molecule has 2 saturated heterocycles. The lowest BCUT2D eigenvalue weighted by molar-refractivity contribution is -0.303. The zero-order valence-corrected chi connectivity index (χ0v) is 32.9. The number of benzene rings is 1. The second kappa shape index (κ2) is 20.8. The fraction of sp³-hybridized carbons (Fsp3) is 0.588. The van der Waals surface area contributed by atoms with E-state index in [-0.39, 0.29) is 5.75 Å². The quantitative estimate of drug-likeness (QED) is 0.129. The van der Waals surface area contributed by atoms with Gasteiger partial charge in [-0.15, -0.1) is 0 Å². The van der Waals surface area contributed by atoms with Crippen LogP contribution in [-0.4, -0.2) is 122 Å². The Morgan fingerprint density at radius 3 is 1.11 bits per heavy atom. The lowest BCUT2D eigenvalue weighted by atomic mass is 9.98. The predicted octanol–water partition coefficient (Wildman–Crippen LogP) is 1.37. The van der Waals surface area contributed by atoms with Gasteiger partial charge in [0.2, 0.25) is 12.6 Å². The molecule has 10 atom stereocenters. The van der Waals surface area contributed by atoms with Crippen LogP contribution in [-0.2, 0) is 99.3 Å². The van der Waals surface area contributed by atoms with Crippen molar-refractivity contribution < 1.29 is 104 Å². The van der Waals surface area contributed by atoms with E-state index >= 15 is 4.57 Å². The number of para-hydroxylation sites is 1. The Kier molecular flexibility index (Phi) is 16.9. The molecule has 0 N–H and O–H groups in total. The lowest BCUT2D eigenvalue weighted by Crippen LogP contribution is -2.63. The van der Waals surface area contributed by atoms with Gasteiger partial charge in [0.25, 0.3) is 0 Å². The summed E-state index contributed by atoms with van der Waals surface area (Å²) in [5.74, 6) is -7.75. The van der Waals surface area contributed by atoms with E-state index in [2.05, 4.69) is 0 Å². The van der Waals surface area contributed by atoms with Crippen LogP contribution in [0.4, 0.5) is 0 Å². The van der Waals surface area contributed by atoms with Crippen LogP contribution in [0.25, 0.3) is 0 Å². The van der Waals surface area contributed by atoms with Crippen LogP contribution >= 0.6 is 7.82 Å². The standard InChI is InChI=1S/C34H43O22P/c1-16(35)44-14-25-27(46-18(3)37)29(48-20(5)39)31(50-22(7)41)33(52-25)55-57(43,54-24-12-10-9-11-13-24)56-34-32(51-23(8)42)30(49-21(6)40)28(47-19(4)38)26(53-34)15-45-17(2)36/h9-13,25-34H,14-15H2,1-8H3/t25-,26-,27-,28-,29+,30+,31+,32+,33-,34-/m1/s1. The molecule has 0 saturated carbocycles. The molecule has 2 heterocycles. The van der Waals surface area contributed by atoms with Gasteiger partial charge < -0.3 is 51.9 Å². The minimum atomic E-state index is -5.43. The number of hydrogen-bond donors (Lipinski definition) is 0. The van der Waals surface area contributed by atoms with Gasteiger partial charge in [-0.2, -0.15) is 0 Å². The second-order valence-corrected chi connectivity index (χ2v) is 13.7. The summed E-state index contributed by atoms with van der Waals surface area (Å²) in [5, 5.41) is 0. The van der Waals surface area contributed by atoms with E-state index in [1.54, 1.807) is 6.07 Å². The molecule has 23 heteroatoms. The van der Waals surface area contributed by atoms with E-state index in [9.17, 15) is 38.4 Å². The minimum Gasteiger partial charge on any atom is -0.463 e. The minimum absolute atomic E-state index is 0.197. The Morgan fingerprint density at radius 2 is 0.789 bits per heavy atom. The SMILES string of the molecule is CC(=O)OC[C@H]1O[C@H](OP(=O)(Oc2ccccc2)O[C@H]2O[C@H](COC(C)=O)[C@@H](OC(C)=O)[C@H](OC(C)=O)[C@@H]2OC(C)=O)[C@@H](OC(C)=O)[C@@H](OC(C)=O)[C@@H]1OC(C)=O. The van der Waals surface area contributed by atoms with Crippen molar-refractivity contribution in [3.8, 4) is 5.75 Å². The molecule has 0 spiro atoms. The van der Waals surface area contributed by atoms with Gasteiger partial charge in [0.1, 0.15) is 31.2 Å². The molecule has 57 heavy (non-hydrogen) atoms. The van der Waals surface area contributed by atoms with E-state index < -0.39 is 130 Å². The average Bonchev–Trinajstić information content (AvgIpc) is 3.07. The molecule has 0 unspecified atom stereocenters. The summed E-state index contributed by atoms with van der Waals surface area (Å²) in [6.45, 7) is 6.55. The molecule has 3 rings (SSSR count). The largest absolute Gasteiger partial charge is 0.535 e. The molecule has 316 valence electrons. The first-order chi connectivity index (χ1) is 26.7. The lowest BCUT2D eigenvalue weighted by Gasteiger charge is -2.45. The molecule has 2 fully saturated rings. The van der Waals surface area contributed by atoms with E-state index in [0.717, 1.165) is 55.4 Å².